The molecule has 1 aromatic rings. The lowest BCUT2D eigenvalue weighted by atomic mass is 10.3. The first-order valence-corrected chi connectivity index (χ1v) is 17.8. The minimum absolute atomic E-state index is 0.573. The van der Waals surface area contributed by atoms with Crippen LogP contribution < -0.4 is 0 Å². The van der Waals surface area contributed by atoms with Crippen LogP contribution in [0.4, 0.5) is 0 Å². The smallest absolute Gasteiger partial charge is 0.0513 e. The van der Waals surface area contributed by atoms with Crippen LogP contribution in [0, 0.1) is 0 Å². The Hall–Kier alpha value is -0.199. The molecule has 0 saturated carbocycles. The summed E-state index contributed by atoms with van der Waals surface area (Å²) < 4.78 is 0. The van der Waals surface area contributed by atoms with Gasteiger partial charge in [-0.2, -0.15) is 0 Å². The number of aromatic nitrogens is 1. The molecule has 1 rings (SSSR count). The summed E-state index contributed by atoms with van der Waals surface area (Å²) in [4.78, 5) is 5.05. The van der Waals surface area contributed by atoms with Gasteiger partial charge in [0.15, 0.2) is 0 Å². The van der Waals surface area contributed by atoms with Crippen LogP contribution in [0.5, 0.6) is 0 Å². The van der Waals surface area contributed by atoms with E-state index in [1.165, 1.54) is 17.4 Å². The zero-order valence-electron chi connectivity index (χ0n) is 14.0. The molecule has 0 aliphatic carbocycles. The number of pyridine rings is 1. The van der Waals surface area contributed by atoms with E-state index in [9.17, 15) is 0 Å². The largest absolute Gasteiger partial charge is 0.259 e. The van der Waals surface area contributed by atoms with Crippen LogP contribution in [0.1, 0.15) is 16.6 Å². The molecule has 0 spiro atoms. The Morgan fingerprint density at radius 2 is 1.53 bits per heavy atom. The summed E-state index contributed by atoms with van der Waals surface area (Å²) in [6.45, 7) is 19.8. The highest BCUT2D eigenvalue weighted by atomic mass is 28.4. The zero-order valence-corrected chi connectivity index (χ0v) is 17.2. The van der Waals surface area contributed by atoms with Gasteiger partial charge < -0.3 is 0 Å². The molecule has 0 amide bonds. The number of hydrogen-bond acceptors (Lipinski definition) is 1. The first-order valence-electron chi connectivity index (χ1n) is 7.47. The lowest BCUT2D eigenvalue weighted by Gasteiger charge is -2.38. The molecule has 0 aromatic carbocycles. The van der Waals surface area contributed by atoms with Crippen molar-refractivity contribution < 1.29 is 0 Å². The first kappa shape index (κ1) is 16.9. The fraction of sp³-hybridized carbons (Fsp3) is 0.667. The van der Waals surface area contributed by atoms with Crippen molar-refractivity contribution in [2.75, 3.05) is 0 Å². The zero-order chi connectivity index (χ0) is 14.8. The van der Waals surface area contributed by atoms with E-state index in [0.29, 0.717) is 0 Å². The van der Waals surface area contributed by atoms with E-state index in [2.05, 4.69) is 70.6 Å². The maximum atomic E-state index is 5.05. The Morgan fingerprint density at radius 1 is 1.00 bits per heavy atom. The number of rotatable bonds is 5. The van der Waals surface area contributed by atoms with Gasteiger partial charge in [0.2, 0.25) is 0 Å². The number of nitrogens with zero attached hydrogens (tertiary/aromatic N) is 1. The minimum Gasteiger partial charge on any atom is -0.259 e. The second-order valence-corrected chi connectivity index (χ2v) is 22.7. The highest BCUT2D eigenvalue weighted by Gasteiger charge is 2.39. The van der Waals surface area contributed by atoms with Crippen molar-refractivity contribution in [1.29, 1.82) is 0 Å². The van der Waals surface area contributed by atoms with Crippen LogP contribution in [0.15, 0.2) is 18.2 Å². The monoisotopic (exact) mass is 309 g/mol. The molecule has 0 aliphatic heterocycles. The standard InChI is InChI=1S/C15H31NSi3/c1-17(2)12-13-10-9-11-14(16-13)15(18(3,4)5)19(6,7)8/h9-11,15,17H,12H2,1-8H3. The lowest BCUT2D eigenvalue weighted by Crippen LogP contribution is -2.47. The fourth-order valence-electron chi connectivity index (χ4n) is 3.38. The summed E-state index contributed by atoms with van der Waals surface area (Å²) in [7, 11) is -3.00. The predicted octanol–water partition coefficient (Wildman–Crippen LogP) is 4.49. The Labute approximate surface area is 123 Å². The third kappa shape index (κ3) is 5.00. The first-order chi connectivity index (χ1) is 8.51. The van der Waals surface area contributed by atoms with Gasteiger partial charge in [0.05, 0.1) is 16.1 Å². The molecule has 108 valence electrons. The van der Waals surface area contributed by atoms with Gasteiger partial charge in [0, 0.05) is 20.2 Å². The summed E-state index contributed by atoms with van der Waals surface area (Å²) in [6.07, 6.45) is 0. The van der Waals surface area contributed by atoms with Crippen molar-refractivity contribution in [3.8, 4) is 0 Å². The van der Waals surface area contributed by atoms with Gasteiger partial charge in [-0.15, -0.1) is 0 Å². The van der Waals surface area contributed by atoms with Crippen molar-refractivity contribution in [3.05, 3.63) is 29.6 Å². The number of hydrogen-bond donors (Lipinski definition) is 0. The van der Waals surface area contributed by atoms with Crippen molar-refractivity contribution in [2.24, 2.45) is 0 Å². The van der Waals surface area contributed by atoms with Gasteiger partial charge in [0.25, 0.3) is 0 Å². The summed E-state index contributed by atoms with van der Waals surface area (Å²) in [6, 6.07) is 7.98. The Bertz CT molecular complexity index is 402. The van der Waals surface area contributed by atoms with Gasteiger partial charge >= 0.3 is 0 Å². The third-order valence-corrected chi connectivity index (χ3v) is 14.0. The fourth-order valence-corrected chi connectivity index (χ4v) is 16.9. The van der Waals surface area contributed by atoms with Crippen molar-refractivity contribution in [1.82, 2.24) is 4.98 Å². The molecular formula is C15H31NSi3. The molecule has 19 heavy (non-hydrogen) atoms. The molecule has 1 heterocycles. The maximum Gasteiger partial charge on any atom is 0.0513 e. The average molecular weight is 310 g/mol. The highest BCUT2D eigenvalue weighted by Crippen LogP contribution is 2.34. The van der Waals surface area contributed by atoms with Gasteiger partial charge in [0.1, 0.15) is 0 Å². The molecule has 0 N–H and O–H groups in total. The lowest BCUT2D eigenvalue weighted by molar-refractivity contribution is 1.02. The van der Waals surface area contributed by atoms with E-state index >= 15 is 0 Å². The summed E-state index contributed by atoms with van der Waals surface area (Å²) in [5.74, 6) is 0. The SMILES string of the molecule is C[SiH](C)Cc1cccc(C([Si](C)(C)C)[Si](C)(C)C)n1. The molecule has 1 aromatic heterocycles. The summed E-state index contributed by atoms with van der Waals surface area (Å²) in [5.41, 5.74) is 2.73. The summed E-state index contributed by atoms with van der Waals surface area (Å²) in [5, 5.41) is 0.758. The van der Waals surface area contributed by atoms with Crippen LogP contribution in [0.3, 0.4) is 0 Å². The molecule has 0 saturated heterocycles. The molecule has 1 nitrogen and oxygen atoms in total. The molecule has 0 aliphatic rings. The minimum atomic E-state index is -1.22. The third-order valence-electron chi connectivity index (χ3n) is 3.47. The van der Waals surface area contributed by atoms with E-state index in [-0.39, 0.29) is 0 Å². The molecule has 4 heteroatoms. The quantitative estimate of drug-likeness (QED) is 0.730. The van der Waals surface area contributed by atoms with E-state index in [1.54, 1.807) is 0 Å². The van der Waals surface area contributed by atoms with E-state index < -0.39 is 24.9 Å². The van der Waals surface area contributed by atoms with Crippen molar-refractivity contribution in [2.45, 2.75) is 63.6 Å². The van der Waals surface area contributed by atoms with E-state index in [0.717, 1.165) is 5.16 Å². The molecule has 0 bridgehead atoms. The molecule has 0 unspecified atom stereocenters. The molecule has 0 radical (unpaired) electrons. The van der Waals surface area contributed by atoms with Gasteiger partial charge in [-0.05, 0) is 23.3 Å². The van der Waals surface area contributed by atoms with Gasteiger partial charge in [-0.3, -0.25) is 4.98 Å². The Kier molecular flexibility index (Phi) is 5.37. The predicted molar refractivity (Wildman–Crippen MR) is 96.3 cm³/mol. The van der Waals surface area contributed by atoms with Gasteiger partial charge in [-0.25, -0.2) is 0 Å². The van der Waals surface area contributed by atoms with Crippen LogP contribution in [-0.4, -0.2) is 29.9 Å². The second kappa shape index (κ2) is 6.06. The van der Waals surface area contributed by atoms with Crippen molar-refractivity contribution >= 4 is 24.9 Å². The molecule has 0 atom stereocenters. The Balaban J connectivity index is 3.17. The normalized spacial score (nSPS) is 13.4. The van der Waals surface area contributed by atoms with Crippen LogP contribution in [0.2, 0.25) is 52.4 Å². The van der Waals surface area contributed by atoms with Crippen LogP contribution in [0.25, 0.3) is 0 Å². The average Bonchev–Trinajstić information content (AvgIpc) is 2.11. The molecule has 0 fully saturated rings. The van der Waals surface area contributed by atoms with Crippen LogP contribution >= 0.6 is 0 Å². The summed E-state index contributed by atoms with van der Waals surface area (Å²) >= 11 is 0. The molecular weight excluding hydrogens is 278 g/mol. The van der Waals surface area contributed by atoms with E-state index in [4.69, 9.17) is 4.98 Å². The van der Waals surface area contributed by atoms with E-state index in [1.807, 2.05) is 0 Å². The highest BCUT2D eigenvalue weighted by molar-refractivity contribution is 6.96. The van der Waals surface area contributed by atoms with Crippen LogP contribution in [-0.2, 0) is 6.04 Å². The maximum absolute atomic E-state index is 5.05. The second-order valence-electron chi connectivity index (χ2n) is 8.32. The topological polar surface area (TPSA) is 12.9 Å². The Morgan fingerprint density at radius 3 is 1.95 bits per heavy atom. The van der Waals surface area contributed by atoms with Crippen molar-refractivity contribution in [3.63, 3.8) is 0 Å². The van der Waals surface area contributed by atoms with Gasteiger partial charge in [-0.1, -0.05) is 58.4 Å².